The smallest absolute Gasteiger partial charge is 0.497 e. The first-order valence-electron chi connectivity index (χ1n) is 10.4. The number of nitrogens with one attached hydrogen (secondary N) is 1. The summed E-state index contributed by atoms with van der Waals surface area (Å²) in [6, 6.07) is 7.95. The molecule has 0 spiro atoms. The van der Waals surface area contributed by atoms with Crippen LogP contribution < -0.4 is 9.64 Å². The van der Waals surface area contributed by atoms with Crippen LogP contribution in [-0.2, 0) is 9.47 Å². The summed E-state index contributed by atoms with van der Waals surface area (Å²) >= 11 is 0. The number of ether oxygens (including phenoxy) is 3. The van der Waals surface area contributed by atoms with Gasteiger partial charge in [0, 0.05) is 35.9 Å². The van der Waals surface area contributed by atoms with Crippen LogP contribution >= 0.6 is 0 Å². The topological polar surface area (TPSA) is 62.1 Å². The molecule has 154 valence electrons. The van der Waals surface area contributed by atoms with E-state index in [0.717, 1.165) is 41.7 Å². The Morgan fingerprint density at radius 1 is 1.41 bits per heavy atom. The molecular weight excluding hydrogens is 368 g/mol. The molecule has 0 amide bonds. The van der Waals surface area contributed by atoms with Crippen LogP contribution in [0.4, 0.5) is 4.79 Å². The third kappa shape index (κ3) is 3.81. The molecule has 3 fully saturated rings. The number of quaternary nitrogens is 1. The van der Waals surface area contributed by atoms with Crippen LogP contribution in [0.5, 0.6) is 5.75 Å². The van der Waals surface area contributed by atoms with Crippen molar-refractivity contribution in [2.75, 3.05) is 26.8 Å². The monoisotopic (exact) mass is 397 g/mol. The van der Waals surface area contributed by atoms with E-state index in [1.807, 2.05) is 24.3 Å². The normalized spacial score (nSPS) is 26.7. The average Bonchev–Trinajstić information content (AvgIpc) is 2.77. The van der Waals surface area contributed by atoms with Gasteiger partial charge in [-0.2, -0.15) is 0 Å². The minimum atomic E-state index is -0.618. The van der Waals surface area contributed by atoms with Crippen molar-refractivity contribution in [2.24, 2.45) is 11.8 Å². The van der Waals surface area contributed by atoms with E-state index in [9.17, 15) is 4.79 Å². The van der Waals surface area contributed by atoms with Crippen LogP contribution in [-0.4, -0.2) is 44.0 Å². The Morgan fingerprint density at radius 2 is 2.28 bits per heavy atom. The van der Waals surface area contributed by atoms with Gasteiger partial charge in [0.25, 0.3) is 0 Å². The molecular formula is C23H29N2O4+. The van der Waals surface area contributed by atoms with E-state index in [1.54, 1.807) is 20.2 Å². The minimum Gasteiger partial charge on any atom is -0.497 e. The minimum absolute atomic E-state index is 0.186. The van der Waals surface area contributed by atoms with E-state index in [1.165, 1.54) is 11.3 Å². The standard InChI is InChI=1S/C23H28N2O4/c1-4-15-14-25-11-9-16(15)12-21(25)22(29-23(26)28-5-2)18-8-10-24-20-7-6-17(27-3)13-19(18)20/h4,6-8,10,13,15-16,21-22H,1,5,9,11-12,14H2,2-3H3/p+1/t15-,16-,21+,22-/m0/s1. The molecule has 3 saturated heterocycles. The van der Waals surface area contributed by atoms with E-state index < -0.39 is 12.3 Å². The Bertz CT molecular complexity index is 900. The van der Waals surface area contributed by atoms with E-state index in [2.05, 4.69) is 17.6 Å². The SMILES string of the molecule is C=C[C@H]1C[NH+]2CC[C@H]1C[C@@H]2[C@@H](OC(=O)OCC)c1ccnc2ccc(OC)cc12. The first-order chi connectivity index (χ1) is 14.1. The number of hydrogen-bond donors (Lipinski definition) is 1. The van der Waals surface area contributed by atoms with Crippen LogP contribution in [0.3, 0.4) is 0 Å². The summed E-state index contributed by atoms with van der Waals surface area (Å²) in [6.45, 7) is 8.23. The summed E-state index contributed by atoms with van der Waals surface area (Å²) < 4.78 is 16.5. The Kier molecular flexibility index (Phi) is 5.72. The number of carbonyl (C=O) groups excluding carboxylic acids is 1. The maximum Gasteiger partial charge on any atom is 0.509 e. The molecule has 1 aromatic carbocycles. The van der Waals surface area contributed by atoms with Gasteiger partial charge in [-0.25, -0.2) is 4.79 Å². The molecule has 1 N–H and O–H groups in total. The van der Waals surface area contributed by atoms with Crippen molar-refractivity contribution < 1.29 is 23.9 Å². The molecule has 5 atom stereocenters. The number of hydrogen-bond acceptors (Lipinski definition) is 5. The number of carbonyl (C=O) groups is 1. The van der Waals surface area contributed by atoms with Crippen molar-refractivity contribution in [1.29, 1.82) is 0 Å². The van der Waals surface area contributed by atoms with Gasteiger partial charge in [-0.3, -0.25) is 4.98 Å². The van der Waals surface area contributed by atoms with Crippen LogP contribution in [0.2, 0.25) is 0 Å². The molecule has 4 heterocycles. The Morgan fingerprint density at radius 3 is 2.97 bits per heavy atom. The molecule has 6 heteroatoms. The molecule has 2 bridgehead atoms. The predicted molar refractivity (Wildman–Crippen MR) is 110 cm³/mol. The van der Waals surface area contributed by atoms with Gasteiger partial charge in [0.15, 0.2) is 6.10 Å². The highest BCUT2D eigenvalue weighted by molar-refractivity contribution is 5.84. The molecule has 0 saturated carbocycles. The third-order valence-electron chi connectivity index (χ3n) is 6.46. The molecule has 0 radical (unpaired) electrons. The first kappa shape index (κ1) is 19.7. The van der Waals surface area contributed by atoms with Gasteiger partial charge in [-0.05, 0) is 37.1 Å². The second-order valence-electron chi connectivity index (χ2n) is 7.91. The van der Waals surface area contributed by atoms with Crippen molar-refractivity contribution in [3.05, 3.63) is 48.7 Å². The van der Waals surface area contributed by atoms with Crippen molar-refractivity contribution >= 4 is 17.1 Å². The van der Waals surface area contributed by atoms with Crippen LogP contribution in [0.25, 0.3) is 10.9 Å². The van der Waals surface area contributed by atoms with Crippen molar-refractivity contribution in [3.8, 4) is 5.75 Å². The van der Waals surface area contributed by atoms with Gasteiger partial charge < -0.3 is 19.1 Å². The fourth-order valence-corrected chi connectivity index (χ4v) is 5.03. The number of nitrogens with zero attached hydrogens (tertiary/aromatic N) is 1. The number of rotatable bonds is 6. The number of piperidine rings is 3. The average molecular weight is 397 g/mol. The number of aromatic nitrogens is 1. The van der Waals surface area contributed by atoms with E-state index >= 15 is 0 Å². The number of pyridine rings is 1. The van der Waals surface area contributed by atoms with E-state index in [-0.39, 0.29) is 6.04 Å². The van der Waals surface area contributed by atoms with Gasteiger partial charge in [0.1, 0.15) is 11.8 Å². The second kappa shape index (κ2) is 8.41. The van der Waals surface area contributed by atoms with Crippen molar-refractivity contribution in [2.45, 2.75) is 31.9 Å². The lowest BCUT2D eigenvalue weighted by molar-refractivity contribution is -0.949. The molecule has 1 unspecified atom stereocenters. The van der Waals surface area contributed by atoms with E-state index in [0.29, 0.717) is 18.4 Å². The lowest BCUT2D eigenvalue weighted by Crippen LogP contribution is -3.20. The number of fused-ring (bicyclic) bond motifs is 4. The maximum atomic E-state index is 12.3. The zero-order chi connectivity index (χ0) is 20.4. The molecule has 2 aromatic rings. The van der Waals surface area contributed by atoms with Gasteiger partial charge >= 0.3 is 6.16 Å². The zero-order valence-corrected chi connectivity index (χ0v) is 17.1. The molecule has 5 rings (SSSR count). The summed E-state index contributed by atoms with van der Waals surface area (Å²) in [7, 11) is 1.65. The van der Waals surface area contributed by atoms with E-state index in [4.69, 9.17) is 14.2 Å². The Balaban J connectivity index is 1.75. The Hall–Kier alpha value is -2.60. The highest BCUT2D eigenvalue weighted by atomic mass is 16.7. The van der Waals surface area contributed by atoms with Crippen molar-refractivity contribution in [1.82, 2.24) is 4.98 Å². The fourth-order valence-electron chi connectivity index (χ4n) is 5.03. The molecule has 3 aliphatic heterocycles. The van der Waals surface area contributed by atoms with Crippen LogP contribution in [0.1, 0.15) is 31.4 Å². The highest BCUT2D eigenvalue weighted by Crippen LogP contribution is 2.36. The predicted octanol–water partition coefficient (Wildman–Crippen LogP) is 2.94. The van der Waals surface area contributed by atoms with Gasteiger partial charge in [-0.1, -0.05) is 6.08 Å². The summed E-state index contributed by atoms with van der Waals surface area (Å²) in [6.07, 6.45) is 5.06. The zero-order valence-electron chi connectivity index (χ0n) is 17.1. The van der Waals surface area contributed by atoms with Crippen molar-refractivity contribution in [3.63, 3.8) is 0 Å². The number of methoxy groups -OCH3 is 1. The highest BCUT2D eigenvalue weighted by Gasteiger charge is 2.47. The largest absolute Gasteiger partial charge is 0.509 e. The maximum absolute atomic E-state index is 12.3. The summed E-state index contributed by atoms with van der Waals surface area (Å²) in [5, 5.41) is 0.948. The number of benzene rings is 1. The summed E-state index contributed by atoms with van der Waals surface area (Å²) in [4.78, 5) is 18.3. The van der Waals surface area contributed by atoms with Gasteiger partial charge in [0.05, 0.1) is 32.3 Å². The molecule has 29 heavy (non-hydrogen) atoms. The molecule has 0 aliphatic carbocycles. The Labute approximate surface area is 171 Å². The van der Waals surface area contributed by atoms with Crippen LogP contribution in [0, 0.1) is 11.8 Å². The molecule has 1 aromatic heterocycles. The summed E-state index contributed by atoms with van der Waals surface area (Å²) in [5.74, 6) is 1.88. The quantitative estimate of drug-likeness (QED) is 0.600. The lowest BCUT2D eigenvalue weighted by atomic mass is 9.73. The van der Waals surface area contributed by atoms with Crippen LogP contribution in [0.15, 0.2) is 43.1 Å². The third-order valence-corrected chi connectivity index (χ3v) is 6.46. The van der Waals surface area contributed by atoms with Gasteiger partial charge in [0.2, 0.25) is 0 Å². The molecule has 6 nitrogen and oxygen atoms in total. The first-order valence-corrected chi connectivity index (χ1v) is 10.4. The lowest BCUT2D eigenvalue weighted by Gasteiger charge is -2.48. The fraction of sp³-hybridized carbons (Fsp3) is 0.478. The second-order valence-corrected chi connectivity index (χ2v) is 7.91. The molecule has 3 aliphatic rings. The summed E-state index contributed by atoms with van der Waals surface area (Å²) in [5.41, 5.74) is 1.82. The van der Waals surface area contributed by atoms with Gasteiger partial charge in [-0.15, -0.1) is 6.58 Å².